The third-order valence-corrected chi connectivity index (χ3v) is 5.08. The van der Waals surface area contributed by atoms with Crippen LogP contribution in [0.5, 0.6) is 0 Å². The van der Waals surface area contributed by atoms with Crippen LogP contribution in [0.25, 0.3) is 44.2 Å². The van der Waals surface area contributed by atoms with Gasteiger partial charge in [0, 0.05) is 40.6 Å². The predicted molar refractivity (Wildman–Crippen MR) is 109 cm³/mol. The summed E-state index contributed by atoms with van der Waals surface area (Å²) in [6.07, 6.45) is 1.89. The maximum atomic E-state index is 4.54. The quantitative estimate of drug-likeness (QED) is 0.383. The summed E-state index contributed by atoms with van der Waals surface area (Å²) in [6.45, 7) is 0. The van der Waals surface area contributed by atoms with Crippen LogP contribution in [0.3, 0.4) is 0 Å². The highest BCUT2D eigenvalue weighted by Crippen LogP contribution is 2.32. The molecule has 0 saturated heterocycles. The van der Waals surface area contributed by atoms with E-state index in [-0.39, 0.29) is 0 Å². The van der Waals surface area contributed by atoms with Crippen molar-refractivity contribution in [3.8, 4) is 22.4 Å². The minimum absolute atomic E-state index is 1.00. The van der Waals surface area contributed by atoms with Gasteiger partial charge in [-0.25, -0.2) is 0 Å². The number of rotatable bonds is 2. The molecule has 0 fully saturated rings. The van der Waals surface area contributed by atoms with Gasteiger partial charge in [0.15, 0.2) is 0 Å². The van der Waals surface area contributed by atoms with Crippen molar-refractivity contribution in [1.29, 1.82) is 0 Å². The van der Waals surface area contributed by atoms with Gasteiger partial charge in [0.1, 0.15) is 0 Å². The molecule has 0 aliphatic rings. The topological polar surface area (TPSA) is 17.8 Å². The number of benzene rings is 3. The lowest BCUT2D eigenvalue weighted by Crippen LogP contribution is -1.88. The largest absolute Gasteiger partial charge is 0.344 e. The highest BCUT2D eigenvalue weighted by molar-refractivity contribution is 6.08. The van der Waals surface area contributed by atoms with E-state index in [2.05, 4.69) is 83.3 Å². The molecule has 2 heterocycles. The third kappa shape index (κ3) is 2.31. The number of nitrogens with zero attached hydrogens (tertiary/aromatic N) is 2. The van der Waals surface area contributed by atoms with Gasteiger partial charge in [-0.1, -0.05) is 60.7 Å². The van der Waals surface area contributed by atoms with Crippen molar-refractivity contribution in [1.82, 2.24) is 9.55 Å². The Labute approximate surface area is 152 Å². The molecule has 0 bridgehead atoms. The number of hydrogen-bond acceptors (Lipinski definition) is 1. The zero-order valence-electron chi connectivity index (χ0n) is 14.6. The lowest BCUT2D eigenvalue weighted by molar-refractivity contribution is 1.01. The van der Waals surface area contributed by atoms with Gasteiger partial charge in [0.2, 0.25) is 0 Å². The van der Waals surface area contributed by atoms with Gasteiger partial charge in [-0.15, -0.1) is 0 Å². The van der Waals surface area contributed by atoms with Gasteiger partial charge < -0.3 is 4.57 Å². The average Bonchev–Trinajstić information content (AvgIpc) is 3.01. The summed E-state index contributed by atoms with van der Waals surface area (Å²) in [5.41, 5.74) is 7.05. The second kappa shape index (κ2) is 5.85. The van der Waals surface area contributed by atoms with Crippen LogP contribution in [0.4, 0.5) is 0 Å². The Kier molecular flexibility index (Phi) is 3.36. The van der Waals surface area contributed by atoms with Crippen LogP contribution >= 0.6 is 0 Å². The van der Waals surface area contributed by atoms with Crippen LogP contribution in [-0.2, 0) is 7.05 Å². The molecule has 0 radical (unpaired) electrons. The lowest BCUT2D eigenvalue weighted by atomic mass is 10.0. The molecule has 0 aliphatic heterocycles. The molecule has 2 nitrogen and oxygen atoms in total. The molecule has 0 amide bonds. The lowest BCUT2D eigenvalue weighted by Gasteiger charge is -2.06. The number of aryl methyl sites for hydroxylation is 1. The van der Waals surface area contributed by atoms with E-state index in [9.17, 15) is 0 Å². The summed E-state index contributed by atoms with van der Waals surface area (Å²) >= 11 is 0. The fourth-order valence-electron chi connectivity index (χ4n) is 3.72. The summed E-state index contributed by atoms with van der Waals surface area (Å²) in [5.74, 6) is 0. The van der Waals surface area contributed by atoms with E-state index in [4.69, 9.17) is 0 Å². The van der Waals surface area contributed by atoms with Crippen LogP contribution in [0, 0.1) is 0 Å². The Morgan fingerprint density at radius 3 is 2.23 bits per heavy atom. The van der Waals surface area contributed by atoms with Crippen molar-refractivity contribution < 1.29 is 0 Å². The molecule has 5 rings (SSSR count). The van der Waals surface area contributed by atoms with Crippen molar-refractivity contribution in [2.45, 2.75) is 0 Å². The number of hydrogen-bond donors (Lipinski definition) is 0. The first-order valence-corrected chi connectivity index (χ1v) is 8.80. The molecule has 0 N–H and O–H groups in total. The van der Waals surface area contributed by atoms with Crippen LogP contribution in [0.2, 0.25) is 0 Å². The standard InChI is InChI=1S/C24H18N2/c1-26-23-10-6-5-9-20(23)21-12-11-18(16-24(21)26)19-13-14-25-22(15-19)17-7-3-2-4-8-17/h2-16H,1H3. The Bertz CT molecular complexity index is 1230. The Hall–Kier alpha value is -3.39. The molecule has 0 saturated carbocycles. The zero-order chi connectivity index (χ0) is 17.5. The highest BCUT2D eigenvalue weighted by Gasteiger charge is 2.09. The summed E-state index contributed by atoms with van der Waals surface area (Å²) in [5, 5.41) is 2.60. The Morgan fingerprint density at radius 2 is 1.35 bits per heavy atom. The van der Waals surface area contributed by atoms with Crippen molar-refractivity contribution in [3.05, 3.63) is 91.1 Å². The second-order valence-corrected chi connectivity index (χ2v) is 6.60. The van der Waals surface area contributed by atoms with E-state index in [1.54, 1.807) is 0 Å². The molecule has 2 heteroatoms. The summed E-state index contributed by atoms with van der Waals surface area (Å²) in [4.78, 5) is 4.54. The first kappa shape index (κ1) is 14.9. The smallest absolute Gasteiger partial charge is 0.0708 e. The van der Waals surface area contributed by atoms with Gasteiger partial charge in [0.25, 0.3) is 0 Å². The van der Waals surface area contributed by atoms with Crippen LogP contribution in [0.15, 0.2) is 91.1 Å². The normalized spacial score (nSPS) is 11.3. The van der Waals surface area contributed by atoms with Gasteiger partial charge in [-0.3, -0.25) is 4.98 Å². The van der Waals surface area contributed by atoms with E-state index < -0.39 is 0 Å². The SMILES string of the molecule is Cn1c2ccccc2c2ccc(-c3ccnc(-c4ccccc4)c3)cc21. The van der Waals surface area contributed by atoms with E-state index >= 15 is 0 Å². The zero-order valence-corrected chi connectivity index (χ0v) is 14.6. The summed E-state index contributed by atoms with van der Waals surface area (Å²) in [7, 11) is 2.14. The molecule has 3 aromatic carbocycles. The first-order chi connectivity index (χ1) is 12.8. The van der Waals surface area contributed by atoms with Crippen LogP contribution < -0.4 is 0 Å². The molecule has 5 aromatic rings. The van der Waals surface area contributed by atoms with E-state index in [0.29, 0.717) is 0 Å². The van der Waals surface area contributed by atoms with E-state index in [1.165, 1.54) is 32.9 Å². The molecule has 124 valence electrons. The molecule has 26 heavy (non-hydrogen) atoms. The van der Waals surface area contributed by atoms with Gasteiger partial charge in [-0.2, -0.15) is 0 Å². The minimum atomic E-state index is 1.00. The maximum Gasteiger partial charge on any atom is 0.0708 e. The third-order valence-electron chi connectivity index (χ3n) is 5.08. The van der Waals surface area contributed by atoms with E-state index in [1.807, 2.05) is 24.4 Å². The predicted octanol–water partition coefficient (Wildman–Crippen LogP) is 6.06. The second-order valence-electron chi connectivity index (χ2n) is 6.60. The highest BCUT2D eigenvalue weighted by atomic mass is 14.9. The molecule has 0 atom stereocenters. The van der Waals surface area contributed by atoms with Crippen molar-refractivity contribution in [2.75, 3.05) is 0 Å². The van der Waals surface area contributed by atoms with Gasteiger partial charge >= 0.3 is 0 Å². The maximum absolute atomic E-state index is 4.54. The first-order valence-electron chi connectivity index (χ1n) is 8.80. The monoisotopic (exact) mass is 334 g/mol. The molecule has 2 aromatic heterocycles. The summed E-state index contributed by atoms with van der Waals surface area (Å²) in [6, 6.07) is 29.8. The van der Waals surface area contributed by atoms with Crippen molar-refractivity contribution >= 4 is 21.8 Å². The molecular weight excluding hydrogens is 316 g/mol. The molecule has 0 spiro atoms. The van der Waals surface area contributed by atoms with Gasteiger partial charge in [0.05, 0.1) is 5.69 Å². The molecule has 0 unspecified atom stereocenters. The minimum Gasteiger partial charge on any atom is -0.344 e. The van der Waals surface area contributed by atoms with Gasteiger partial charge in [-0.05, 0) is 35.4 Å². The molecular formula is C24H18N2. The van der Waals surface area contributed by atoms with Crippen molar-refractivity contribution in [2.24, 2.45) is 7.05 Å². The average molecular weight is 334 g/mol. The number of para-hydroxylation sites is 1. The number of aromatic nitrogens is 2. The van der Waals surface area contributed by atoms with Crippen LogP contribution in [0.1, 0.15) is 0 Å². The fourth-order valence-corrected chi connectivity index (χ4v) is 3.72. The molecule has 0 aliphatic carbocycles. The van der Waals surface area contributed by atoms with Crippen LogP contribution in [-0.4, -0.2) is 9.55 Å². The number of fused-ring (bicyclic) bond motifs is 3. The number of pyridine rings is 1. The fraction of sp³-hybridized carbons (Fsp3) is 0.0417. The van der Waals surface area contributed by atoms with E-state index in [0.717, 1.165) is 11.3 Å². The summed E-state index contributed by atoms with van der Waals surface area (Å²) < 4.78 is 2.27. The van der Waals surface area contributed by atoms with Crippen molar-refractivity contribution in [3.63, 3.8) is 0 Å². The Balaban J connectivity index is 1.68. The Morgan fingerprint density at radius 1 is 0.615 bits per heavy atom.